The second-order valence-corrected chi connectivity index (χ2v) is 4.59. The molecule has 0 saturated carbocycles. The van der Waals surface area contributed by atoms with Gasteiger partial charge < -0.3 is 10.4 Å². The third-order valence-corrected chi connectivity index (χ3v) is 2.95. The molecule has 0 aliphatic heterocycles. The first-order chi connectivity index (χ1) is 10.1. The number of anilines is 1. The third kappa shape index (κ3) is 4.04. The number of hydrogen-bond acceptors (Lipinski definition) is 3. The summed E-state index contributed by atoms with van der Waals surface area (Å²) in [5.74, 6) is -1.06. The van der Waals surface area contributed by atoms with Crippen molar-refractivity contribution >= 4 is 17.4 Å². The van der Waals surface area contributed by atoms with Crippen LogP contribution in [0.15, 0.2) is 60.8 Å². The van der Waals surface area contributed by atoms with Gasteiger partial charge in [-0.2, -0.15) is 0 Å². The smallest absolute Gasteiger partial charge is 0.335 e. The van der Waals surface area contributed by atoms with Crippen LogP contribution in [0, 0.1) is 6.92 Å². The summed E-state index contributed by atoms with van der Waals surface area (Å²) in [6.45, 7) is 1.96. The van der Waals surface area contributed by atoms with Crippen LogP contribution < -0.4 is 5.32 Å². The number of carboxylic acid groups (broad SMARTS) is 1. The Kier molecular flexibility index (Phi) is 4.51. The van der Waals surface area contributed by atoms with Crippen LogP contribution in [0.1, 0.15) is 26.3 Å². The first-order valence-corrected chi connectivity index (χ1v) is 6.44. The van der Waals surface area contributed by atoms with E-state index in [0.717, 1.165) is 5.56 Å². The SMILES string of the molecule is Cc1ccc(C(=O)/C=C\Nc2ccc(C(=O)O)cc2)cc1. The van der Waals surface area contributed by atoms with Gasteiger partial charge in [-0.1, -0.05) is 29.8 Å². The summed E-state index contributed by atoms with van der Waals surface area (Å²) in [5.41, 5.74) is 2.67. The molecular formula is C17H15NO3. The first kappa shape index (κ1) is 14.5. The molecule has 0 spiro atoms. The minimum atomic E-state index is -0.966. The van der Waals surface area contributed by atoms with E-state index in [4.69, 9.17) is 5.11 Å². The zero-order valence-electron chi connectivity index (χ0n) is 11.5. The van der Waals surface area contributed by atoms with E-state index in [0.29, 0.717) is 11.3 Å². The quantitative estimate of drug-likeness (QED) is 0.650. The Balaban J connectivity index is 1.97. The fourth-order valence-electron chi connectivity index (χ4n) is 1.74. The number of carboxylic acids is 1. The van der Waals surface area contributed by atoms with Crippen molar-refractivity contribution in [2.24, 2.45) is 0 Å². The molecule has 0 aliphatic rings. The molecule has 0 atom stereocenters. The molecular weight excluding hydrogens is 266 g/mol. The van der Waals surface area contributed by atoms with Crippen molar-refractivity contribution in [1.29, 1.82) is 0 Å². The fourth-order valence-corrected chi connectivity index (χ4v) is 1.74. The molecule has 106 valence electrons. The van der Waals surface area contributed by atoms with Crippen LogP contribution in [-0.2, 0) is 0 Å². The van der Waals surface area contributed by atoms with Crippen molar-refractivity contribution in [3.8, 4) is 0 Å². The average molecular weight is 281 g/mol. The van der Waals surface area contributed by atoms with Gasteiger partial charge in [-0.15, -0.1) is 0 Å². The van der Waals surface area contributed by atoms with Gasteiger partial charge in [-0.05, 0) is 31.2 Å². The summed E-state index contributed by atoms with van der Waals surface area (Å²) < 4.78 is 0. The maximum Gasteiger partial charge on any atom is 0.335 e. The predicted molar refractivity (Wildman–Crippen MR) is 81.7 cm³/mol. The normalized spacial score (nSPS) is 10.5. The molecule has 2 aromatic carbocycles. The predicted octanol–water partition coefficient (Wildman–Crippen LogP) is 3.50. The highest BCUT2D eigenvalue weighted by Gasteiger charge is 2.02. The highest BCUT2D eigenvalue weighted by atomic mass is 16.4. The van der Waals surface area contributed by atoms with Gasteiger partial charge in [0, 0.05) is 23.5 Å². The van der Waals surface area contributed by atoms with Gasteiger partial charge in [-0.25, -0.2) is 4.79 Å². The zero-order valence-corrected chi connectivity index (χ0v) is 11.5. The van der Waals surface area contributed by atoms with Gasteiger partial charge in [0.25, 0.3) is 0 Å². The second-order valence-electron chi connectivity index (χ2n) is 4.59. The first-order valence-electron chi connectivity index (χ1n) is 6.44. The maximum atomic E-state index is 11.9. The third-order valence-electron chi connectivity index (χ3n) is 2.95. The summed E-state index contributed by atoms with van der Waals surface area (Å²) in [4.78, 5) is 22.6. The van der Waals surface area contributed by atoms with E-state index >= 15 is 0 Å². The van der Waals surface area contributed by atoms with Crippen LogP contribution >= 0.6 is 0 Å². The molecule has 0 aliphatic carbocycles. The average Bonchev–Trinajstić information content (AvgIpc) is 2.48. The lowest BCUT2D eigenvalue weighted by atomic mass is 10.1. The Bertz CT molecular complexity index is 670. The van der Waals surface area contributed by atoms with E-state index < -0.39 is 5.97 Å². The number of aryl methyl sites for hydroxylation is 1. The number of benzene rings is 2. The molecule has 2 aromatic rings. The number of ketones is 1. The standard InChI is InChI=1S/C17H15NO3/c1-12-2-4-13(5-3-12)16(19)10-11-18-15-8-6-14(7-9-15)17(20)21/h2-11,18H,1H3,(H,20,21)/b11-10-. The molecule has 21 heavy (non-hydrogen) atoms. The molecule has 4 heteroatoms. The second kappa shape index (κ2) is 6.52. The highest BCUT2D eigenvalue weighted by Crippen LogP contribution is 2.10. The van der Waals surface area contributed by atoms with Crippen molar-refractivity contribution in [3.63, 3.8) is 0 Å². The van der Waals surface area contributed by atoms with Crippen molar-refractivity contribution in [1.82, 2.24) is 0 Å². The van der Waals surface area contributed by atoms with Gasteiger partial charge in [-0.3, -0.25) is 4.79 Å². The Morgan fingerprint density at radius 1 is 0.952 bits per heavy atom. The van der Waals surface area contributed by atoms with E-state index in [1.165, 1.54) is 24.4 Å². The zero-order chi connectivity index (χ0) is 15.2. The lowest BCUT2D eigenvalue weighted by Crippen LogP contribution is -1.97. The van der Waals surface area contributed by atoms with Crippen LogP contribution in [0.5, 0.6) is 0 Å². The van der Waals surface area contributed by atoms with Crippen molar-refractivity contribution in [2.45, 2.75) is 6.92 Å². The number of carbonyl (C=O) groups is 2. The van der Waals surface area contributed by atoms with Gasteiger partial charge >= 0.3 is 5.97 Å². The maximum absolute atomic E-state index is 11.9. The molecule has 2 rings (SSSR count). The molecule has 0 heterocycles. The van der Waals surface area contributed by atoms with Crippen LogP contribution in [0.25, 0.3) is 0 Å². The summed E-state index contributed by atoms with van der Waals surface area (Å²) in [6, 6.07) is 13.6. The largest absolute Gasteiger partial charge is 0.478 e. The van der Waals surface area contributed by atoms with Gasteiger partial charge in [0.05, 0.1) is 5.56 Å². The molecule has 2 N–H and O–H groups in total. The number of carbonyl (C=O) groups excluding carboxylic acids is 1. The van der Waals surface area contributed by atoms with E-state index in [1.54, 1.807) is 24.3 Å². The molecule has 0 bridgehead atoms. The van der Waals surface area contributed by atoms with Crippen LogP contribution in [0.2, 0.25) is 0 Å². The summed E-state index contributed by atoms with van der Waals surface area (Å²) in [6.07, 6.45) is 2.98. The minimum absolute atomic E-state index is 0.0929. The summed E-state index contributed by atoms with van der Waals surface area (Å²) >= 11 is 0. The highest BCUT2D eigenvalue weighted by molar-refractivity contribution is 6.04. The Hall–Kier alpha value is -2.88. The topological polar surface area (TPSA) is 66.4 Å². The summed E-state index contributed by atoms with van der Waals surface area (Å²) in [7, 11) is 0. The van der Waals surface area contributed by atoms with Crippen molar-refractivity contribution < 1.29 is 14.7 Å². The van der Waals surface area contributed by atoms with Crippen molar-refractivity contribution in [2.75, 3.05) is 5.32 Å². The molecule has 4 nitrogen and oxygen atoms in total. The van der Waals surface area contributed by atoms with Crippen molar-refractivity contribution in [3.05, 3.63) is 77.5 Å². The molecule has 0 saturated heterocycles. The summed E-state index contributed by atoms with van der Waals surface area (Å²) in [5, 5.41) is 11.7. The van der Waals surface area contributed by atoms with Crippen LogP contribution in [0.4, 0.5) is 5.69 Å². The van der Waals surface area contributed by atoms with Gasteiger partial charge in [0.1, 0.15) is 0 Å². The Morgan fingerprint density at radius 2 is 1.52 bits per heavy atom. The number of allylic oxidation sites excluding steroid dienone is 1. The van der Waals surface area contributed by atoms with E-state index in [9.17, 15) is 9.59 Å². The monoisotopic (exact) mass is 281 g/mol. The molecule has 0 fully saturated rings. The van der Waals surface area contributed by atoms with Crippen LogP contribution in [0.3, 0.4) is 0 Å². The van der Waals surface area contributed by atoms with E-state index in [2.05, 4.69) is 5.32 Å². The van der Waals surface area contributed by atoms with Crippen LogP contribution in [-0.4, -0.2) is 16.9 Å². The number of rotatable bonds is 5. The number of nitrogens with one attached hydrogen (secondary N) is 1. The molecule has 0 aromatic heterocycles. The Morgan fingerprint density at radius 3 is 2.10 bits per heavy atom. The lowest BCUT2D eigenvalue weighted by molar-refractivity contribution is 0.0696. The minimum Gasteiger partial charge on any atom is -0.478 e. The van der Waals surface area contributed by atoms with Gasteiger partial charge in [0.2, 0.25) is 0 Å². The molecule has 0 unspecified atom stereocenters. The number of aromatic carboxylic acids is 1. The Labute approximate surface area is 122 Å². The van der Waals surface area contributed by atoms with E-state index in [-0.39, 0.29) is 11.3 Å². The molecule has 0 radical (unpaired) electrons. The van der Waals surface area contributed by atoms with E-state index in [1.807, 2.05) is 19.1 Å². The van der Waals surface area contributed by atoms with Gasteiger partial charge in [0.15, 0.2) is 5.78 Å². The lowest BCUT2D eigenvalue weighted by Gasteiger charge is -2.01. The number of hydrogen-bond donors (Lipinski definition) is 2. The fraction of sp³-hybridized carbons (Fsp3) is 0.0588. The molecule has 0 amide bonds.